The van der Waals surface area contributed by atoms with Gasteiger partial charge in [-0.05, 0) is 129 Å². The molecule has 0 aliphatic heterocycles. The van der Waals surface area contributed by atoms with Gasteiger partial charge in [-0.25, -0.2) is 0 Å². The zero-order valence-corrected chi connectivity index (χ0v) is 28.4. The number of rotatable bonds is 8. The van der Waals surface area contributed by atoms with Crippen LogP contribution < -0.4 is 0 Å². The highest BCUT2D eigenvalue weighted by atomic mass is 16.3. The van der Waals surface area contributed by atoms with Crippen molar-refractivity contribution in [3.05, 3.63) is 130 Å². The average molecular weight is 609 g/mol. The van der Waals surface area contributed by atoms with E-state index in [1.54, 1.807) is 0 Å². The average Bonchev–Trinajstić information content (AvgIpc) is 3.10. The monoisotopic (exact) mass is 608 g/mol. The first-order chi connectivity index (χ1) is 22.3. The van der Waals surface area contributed by atoms with Crippen molar-refractivity contribution in [1.29, 1.82) is 0 Å². The third-order valence-electron chi connectivity index (χ3n) is 9.33. The Balaban J connectivity index is 0.000000181. The summed E-state index contributed by atoms with van der Waals surface area (Å²) < 4.78 is 0. The maximum Gasteiger partial charge on any atom is 0.124 e. The van der Waals surface area contributed by atoms with E-state index in [4.69, 9.17) is 0 Å². The lowest BCUT2D eigenvalue weighted by atomic mass is 9.88. The highest BCUT2D eigenvalue weighted by Crippen LogP contribution is 2.40. The summed E-state index contributed by atoms with van der Waals surface area (Å²) in [6, 6.07) is 33.6. The molecule has 0 atom stereocenters. The number of hydrogen-bond donors (Lipinski definition) is 2. The quantitative estimate of drug-likeness (QED) is 0.180. The van der Waals surface area contributed by atoms with Crippen LogP contribution in [0.1, 0.15) is 74.9 Å². The van der Waals surface area contributed by atoms with Gasteiger partial charge >= 0.3 is 0 Å². The Labute approximate surface area is 275 Å². The summed E-state index contributed by atoms with van der Waals surface area (Å²) >= 11 is 0. The van der Waals surface area contributed by atoms with Crippen LogP contribution in [0.25, 0.3) is 43.8 Å². The van der Waals surface area contributed by atoms with Crippen LogP contribution >= 0.6 is 0 Å². The molecule has 0 bridgehead atoms. The molecule has 46 heavy (non-hydrogen) atoms. The van der Waals surface area contributed by atoms with Crippen LogP contribution in [0.4, 0.5) is 0 Å². The van der Waals surface area contributed by atoms with Crippen molar-refractivity contribution in [1.82, 2.24) is 0 Å². The minimum Gasteiger partial charge on any atom is -0.507 e. The Morgan fingerprint density at radius 2 is 0.652 bits per heavy atom. The van der Waals surface area contributed by atoms with Crippen LogP contribution in [0.15, 0.2) is 97.1 Å². The van der Waals surface area contributed by atoms with Gasteiger partial charge in [0.05, 0.1) is 0 Å². The lowest BCUT2D eigenvalue weighted by Crippen LogP contribution is -1.98. The van der Waals surface area contributed by atoms with Gasteiger partial charge < -0.3 is 10.2 Å². The first-order valence-electron chi connectivity index (χ1n) is 17.1. The number of phenols is 2. The summed E-state index contributed by atoms with van der Waals surface area (Å²) in [6.07, 6.45) is 5.99. The van der Waals surface area contributed by atoms with E-state index >= 15 is 0 Å². The van der Waals surface area contributed by atoms with E-state index < -0.39 is 0 Å². The van der Waals surface area contributed by atoms with Crippen molar-refractivity contribution in [2.75, 3.05) is 0 Å². The largest absolute Gasteiger partial charge is 0.507 e. The Morgan fingerprint density at radius 1 is 0.370 bits per heavy atom. The molecule has 0 aromatic heterocycles. The summed E-state index contributed by atoms with van der Waals surface area (Å²) in [5.74, 6) is 0.745. The van der Waals surface area contributed by atoms with E-state index in [0.29, 0.717) is 11.5 Å². The molecule has 0 aliphatic rings. The number of aromatic hydroxyl groups is 2. The molecule has 0 fully saturated rings. The molecule has 2 heteroatoms. The number of aryl methyl sites for hydroxylation is 6. The fraction of sp³-hybridized carbons (Fsp3) is 0.273. The van der Waals surface area contributed by atoms with Gasteiger partial charge in [0, 0.05) is 11.1 Å². The van der Waals surface area contributed by atoms with E-state index in [1.807, 2.05) is 48.5 Å². The van der Waals surface area contributed by atoms with Gasteiger partial charge in [0.25, 0.3) is 0 Å². The summed E-state index contributed by atoms with van der Waals surface area (Å²) in [6.45, 7) is 13.2. The van der Waals surface area contributed by atoms with E-state index in [9.17, 15) is 10.2 Å². The standard InChI is InChI=1S/2C22H24O/c2*1-4-15-11-16(5-2)22(17(6-3)12-15)20-13-18-9-7-8-10-19(18)14-21(20)23/h2*7-14,23H,4-6H2,1-3H3. The van der Waals surface area contributed by atoms with Crippen molar-refractivity contribution in [2.24, 2.45) is 0 Å². The molecule has 6 aromatic rings. The van der Waals surface area contributed by atoms with Gasteiger partial charge in [-0.3, -0.25) is 0 Å². The van der Waals surface area contributed by atoms with Crippen molar-refractivity contribution in [3.63, 3.8) is 0 Å². The van der Waals surface area contributed by atoms with Crippen molar-refractivity contribution >= 4 is 21.5 Å². The van der Waals surface area contributed by atoms with Crippen LogP contribution in [0.2, 0.25) is 0 Å². The Hall–Kier alpha value is -4.56. The van der Waals surface area contributed by atoms with Gasteiger partial charge in [-0.1, -0.05) is 114 Å². The molecule has 2 nitrogen and oxygen atoms in total. The Kier molecular flexibility index (Phi) is 10.5. The van der Waals surface area contributed by atoms with Gasteiger partial charge in [0.15, 0.2) is 0 Å². The van der Waals surface area contributed by atoms with Crippen LogP contribution in [-0.4, -0.2) is 10.2 Å². The van der Waals surface area contributed by atoms with Crippen molar-refractivity contribution in [3.8, 4) is 33.8 Å². The Morgan fingerprint density at radius 3 is 0.913 bits per heavy atom. The highest BCUT2D eigenvalue weighted by molar-refractivity contribution is 5.93. The van der Waals surface area contributed by atoms with Gasteiger partial charge in [0.1, 0.15) is 11.5 Å². The molecule has 6 aromatic carbocycles. The summed E-state index contributed by atoms with van der Waals surface area (Å²) in [5.41, 5.74) is 12.4. The van der Waals surface area contributed by atoms with Crippen LogP contribution in [-0.2, 0) is 38.5 Å². The molecule has 0 saturated carbocycles. The fourth-order valence-corrected chi connectivity index (χ4v) is 6.75. The maximum absolute atomic E-state index is 10.6. The van der Waals surface area contributed by atoms with E-state index in [-0.39, 0.29) is 0 Å². The van der Waals surface area contributed by atoms with E-state index in [2.05, 4.69) is 90.1 Å². The minimum atomic E-state index is 0.373. The maximum atomic E-state index is 10.6. The highest BCUT2D eigenvalue weighted by Gasteiger charge is 2.16. The molecule has 0 amide bonds. The Bertz CT molecular complexity index is 1790. The number of phenolic OH excluding ortho intramolecular Hbond substituents is 2. The second kappa shape index (κ2) is 14.7. The first kappa shape index (κ1) is 32.8. The van der Waals surface area contributed by atoms with Crippen molar-refractivity contribution < 1.29 is 10.2 Å². The topological polar surface area (TPSA) is 40.5 Å². The summed E-state index contributed by atoms with van der Waals surface area (Å²) in [4.78, 5) is 0. The zero-order valence-electron chi connectivity index (χ0n) is 28.4. The SMILES string of the molecule is CCc1cc(CC)c(-c2cc3ccccc3cc2O)c(CC)c1.CCc1cc(CC)c(-c2cc3ccccc3cc2O)c(CC)c1. The van der Waals surface area contributed by atoms with Crippen molar-refractivity contribution in [2.45, 2.75) is 80.1 Å². The number of benzene rings is 6. The third-order valence-corrected chi connectivity index (χ3v) is 9.33. The molecule has 0 radical (unpaired) electrons. The summed E-state index contributed by atoms with van der Waals surface area (Å²) in [7, 11) is 0. The molecule has 0 aliphatic carbocycles. The normalized spacial score (nSPS) is 11.1. The van der Waals surface area contributed by atoms with Gasteiger partial charge in [0.2, 0.25) is 0 Å². The lowest BCUT2D eigenvalue weighted by Gasteiger charge is -2.17. The fourth-order valence-electron chi connectivity index (χ4n) is 6.75. The number of hydrogen-bond acceptors (Lipinski definition) is 2. The molecular formula is C44H48O2. The third kappa shape index (κ3) is 6.67. The smallest absolute Gasteiger partial charge is 0.124 e. The van der Waals surface area contributed by atoms with Crippen LogP contribution in [0.3, 0.4) is 0 Å². The summed E-state index contributed by atoms with van der Waals surface area (Å²) in [5, 5.41) is 25.8. The molecule has 2 N–H and O–H groups in total. The number of fused-ring (bicyclic) bond motifs is 2. The zero-order chi connectivity index (χ0) is 32.8. The molecule has 0 unspecified atom stereocenters. The lowest BCUT2D eigenvalue weighted by molar-refractivity contribution is 0.477. The second-order valence-corrected chi connectivity index (χ2v) is 12.1. The molecule has 0 spiro atoms. The van der Waals surface area contributed by atoms with Gasteiger partial charge in [-0.2, -0.15) is 0 Å². The first-order valence-corrected chi connectivity index (χ1v) is 17.1. The predicted octanol–water partition coefficient (Wildman–Crippen LogP) is 11.8. The molecule has 6 rings (SSSR count). The predicted molar refractivity (Wildman–Crippen MR) is 198 cm³/mol. The van der Waals surface area contributed by atoms with E-state index in [1.165, 1.54) is 55.3 Å². The minimum absolute atomic E-state index is 0.373. The molecular weight excluding hydrogens is 560 g/mol. The molecule has 0 heterocycles. The van der Waals surface area contributed by atoms with E-state index in [0.717, 1.165) is 60.4 Å². The van der Waals surface area contributed by atoms with Crippen LogP contribution in [0, 0.1) is 0 Å². The van der Waals surface area contributed by atoms with Gasteiger partial charge in [-0.15, -0.1) is 0 Å². The molecule has 0 saturated heterocycles. The van der Waals surface area contributed by atoms with Crippen LogP contribution in [0.5, 0.6) is 11.5 Å². The second-order valence-electron chi connectivity index (χ2n) is 12.1. The molecule has 236 valence electrons.